The quantitative estimate of drug-likeness (QED) is 0.486. The summed E-state index contributed by atoms with van der Waals surface area (Å²) in [5.74, 6) is -1.69. The summed E-state index contributed by atoms with van der Waals surface area (Å²) in [4.78, 5) is 33.8. The smallest absolute Gasteiger partial charge is 0.329 e. The predicted octanol–water partition coefficient (Wildman–Crippen LogP) is 1.66. The Hall–Kier alpha value is -2.09. The molecule has 2 rings (SSSR count). The zero-order valence-corrected chi connectivity index (χ0v) is 11.4. The van der Waals surface area contributed by atoms with E-state index < -0.39 is 22.3 Å². The number of benzene rings is 1. The average molecular weight is 296 g/mol. The third-order valence-corrected chi connectivity index (χ3v) is 3.93. The Morgan fingerprint density at radius 2 is 2.10 bits per heavy atom. The molecule has 1 aliphatic carbocycles. The van der Waals surface area contributed by atoms with E-state index in [9.17, 15) is 19.7 Å². The van der Waals surface area contributed by atoms with Crippen molar-refractivity contribution in [3.63, 3.8) is 0 Å². The van der Waals surface area contributed by atoms with Crippen molar-refractivity contribution in [3.8, 4) is 0 Å². The topological polar surface area (TPSA) is 110 Å². The summed E-state index contributed by atoms with van der Waals surface area (Å²) in [6.07, 6.45) is 2.45. The van der Waals surface area contributed by atoms with Gasteiger partial charge in [0.25, 0.3) is 11.6 Å². The van der Waals surface area contributed by atoms with Crippen LogP contribution in [-0.2, 0) is 4.79 Å². The number of rotatable bonds is 5. The molecule has 0 atom stereocenters. The fourth-order valence-corrected chi connectivity index (χ4v) is 2.33. The van der Waals surface area contributed by atoms with Crippen LogP contribution in [0, 0.1) is 10.1 Å². The van der Waals surface area contributed by atoms with Gasteiger partial charge in [0, 0.05) is 11.6 Å². The lowest BCUT2D eigenvalue weighted by Crippen LogP contribution is -2.43. The van der Waals surface area contributed by atoms with Gasteiger partial charge in [-0.15, -0.1) is 11.8 Å². The van der Waals surface area contributed by atoms with Gasteiger partial charge in [-0.2, -0.15) is 0 Å². The Morgan fingerprint density at radius 3 is 2.55 bits per heavy atom. The van der Waals surface area contributed by atoms with Crippen molar-refractivity contribution in [2.45, 2.75) is 23.3 Å². The van der Waals surface area contributed by atoms with E-state index >= 15 is 0 Å². The van der Waals surface area contributed by atoms with Crippen LogP contribution in [0.25, 0.3) is 0 Å². The van der Waals surface area contributed by atoms with E-state index in [1.807, 2.05) is 0 Å². The Balaban J connectivity index is 2.25. The molecule has 0 bridgehead atoms. The van der Waals surface area contributed by atoms with E-state index in [1.54, 1.807) is 6.26 Å². The van der Waals surface area contributed by atoms with E-state index in [1.165, 1.54) is 30.0 Å². The molecule has 1 aliphatic rings. The molecule has 0 radical (unpaired) electrons. The molecule has 1 amide bonds. The fraction of sp³-hybridized carbons (Fsp3) is 0.333. The molecule has 0 aliphatic heterocycles. The lowest BCUT2D eigenvalue weighted by atomic mass is 10.1. The largest absolute Gasteiger partial charge is 0.480 e. The highest BCUT2D eigenvalue weighted by molar-refractivity contribution is 7.98. The molecule has 7 nitrogen and oxygen atoms in total. The Kier molecular flexibility index (Phi) is 3.67. The summed E-state index contributed by atoms with van der Waals surface area (Å²) < 4.78 is 0. The van der Waals surface area contributed by atoms with Crippen LogP contribution in [0.3, 0.4) is 0 Å². The molecule has 0 aromatic heterocycles. The number of hydrogen-bond acceptors (Lipinski definition) is 5. The number of nitrogens with one attached hydrogen (secondary N) is 1. The predicted molar refractivity (Wildman–Crippen MR) is 71.9 cm³/mol. The third-order valence-electron chi connectivity index (χ3n) is 3.15. The van der Waals surface area contributed by atoms with E-state index in [4.69, 9.17) is 5.11 Å². The first-order valence-electron chi connectivity index (χ1n) is 5.78. The number of nitrogens with zero attached hydrogens (tertiary/aromatic N) is 1. The van der Waals surface area contributed by atoms with Gasteiger partial charge >= 0.3 is 5.97 Å². The molecule has 106 valence electrons. The van der Waals surface area contributed by atoms with Gasteiger partial charge in [0.1, 0.15) is 5.54 Å². The number of amides is 1. The zero-order valence-electron chi connectivity index (χ0n) is 10.6. The Bertz CT molecular complexity index is 598. The van der Waals surface area contributed by atoms with E-state index in [0.29, 0.717) is 17.7 Å². The molecule has 1 fully saturated rings. The number of carbonyl (C=O) groups is 2. The van der Waals surface area contributed by atoms with Crippen LogP contribution in [0.5, 0.6) is 0 Å². The highest BCUT2D eigenvalue weighted by Gasteiger charge is 2.51. The van der Waals surface area contributed by atoms with Gasteiger partial charge < -0.3 is 10.4 Å². The van der Waals surface area contributed by atoms with E-state index in [-0.39, 0.29) is 11.3 Å². The van der Waals surface area contributed by atoms with Crippen molar-refractivity contribution in [2.75, 3.05) is 6.26 Å². The number of hydrogen-bond donors (Lipinski definition) is 2. The minimum atomic E-state index is -1.20. The molecule has 20 heavy (non-hydrogen) atoms. The number of carboxylic acids is 1. The van der Waals surface area contributed by atoms with Crippen molar-refractivity contribution in [1.82, 2.24) is 5.32 Å². The van der Waals surface area contributed by atoms with Crippen LogP contribution >= 0.6 is 11.8 Å². The SMILES string of the molecule is CSc1ccc(C(=O)NC2(C(=O)O)CC2)cc1[N+](=O)[O-]. The number of carboxylic acid groups (broad SMARTS) is 1. The van der Waals surface area contributed by atoms with Gasteiger partial charge in [0.2, 0.25) is 0 Å². The number of carbonyl (C=O) groups excluding carboxylic acids is 1. The van der Waals surface area contributed by atoms with Gasteiger partial charge in [-0.3, -0.25) is 14.9 Å². The first-order chi connectivity index (χ1) is 9.39. The van der Waals surface area contributed by atoms with Gasteiger partial charge in [0.05, 0.1) is 9.82 Å². The third kappa shape index (κ3) is 2.60. The maximum Gasteiger partial charge on any atom is 0.329 e. The Morgan fingerprint density at radius 1 is 1.45 bits per heavy atom. The van der Waals surface area contributed by atoms with Gasteiger partial charge in [-0.25, -0.2) is 4.79 Å². The molecule has 1 aromatic carbocycles. The van der Waals surface area contributed by atoms with Crippen molar-refractivity contribution in [3.05, 3.63) is 33.9 Å². The van der Waals surface area contributed by atoms with Gasteiger partial charge in [-0.05, 0) is 31.2 Å². The molecule has 0 heterocycles. The van der Waals surface area contributed by atoms with E-state index in [0.717, 1.165) is 0 Å². The maximum absolute atomic E-state index is 12.0. The van der Waals surface area contributed by atoms with Crippen molar-refractivity contribution in [1.29, 1.82) is 0 Å². The van der Waals surface area contributed by atoms with Crippen LogP contribution in [0.4, 0.5) is 5.69 Å². The number of aliphatic carboxylic acids is 1. The normalized spacial score (nSPS) is 15.4. The summed E-state index contributed by atoms with van der Waals surface area (Å²) in [6.45, 7) is 0. The summed E-state index contributed by atoms with van der Waals surface area (Å²) in [5.41, 5.74) is -1.28. The molecular formula is C12H12N2O5S. The molecule has 1 saturated carbocycles. The van der Waals surface area contributed by atoms with Crippen LogP contribution in [0.2, 0.25) is 0 Å². The highest BCUT2D eigenvalue weighted by atomic mass is 32.2. The molecule has 0 spiro atoms. The molecule has 2 N–H and O–H groups in total. The minimum absolute atomic E-state index is 0.0852. The molecule has 8 heteroatoms. The standard InChI is InChI=1S/C12H12N2O5S/c1-20-9-3-2-7(6-8(9)14(18)19)10(15)13-12(4-5-12)11(16)17/h2-3,6H,4-5H2,1H3,(H,13,15)(H,16,17). The number of thioether (sulfide) groups is 1. The maximum atomic E-state index is 12.0. The second-order valence-electron chi connectivity index (χ2n) is 4.49. The highest BCUT2D eigenvalue weighted by Crippen LogP contribution is 2.36. The number of nitro benzene ring substituents is 1. The summed E-state index contributed by atoms with van der Waals surface area (Å²) in [6, 6.07) is 4.10. The lowest BCUT2D eigenvalue weighted by Gasteiger charge is -2.12. The second kappa shape index (κ2) is 5.12. The summed E-state index contributed by atoms with van der Waals surface area (Å²) in [7, 11) is 0. The fourth-order valence-electron chi connectivity index (χ4n) is 1.78. The van der Waals surface area contributed by atoms with Crippen LogP contribution < -0.4 is 5.32 Å². The average Bonchev–Trinajstić information content (AvgIpc) is 3.18. The molecule has 0 unspecified atom stereocenters. The van der Waals surface area contributed by atoms with Crippen molar-refractivity contribution in [2.24, 2.45) is 0 Å². The first kappa shape index (κ1) is 14.3. The second-order valence-corrected chi connectivity index (χ2v) is 5.33. The molecule has 1 aromatic rings. The van der Waals surface area contributed by atoms with Gasteiger partial charge in [0.15, 0.2) is 0 Å². The summed E-state index contributed by atoms with van der Waals surface area (Å²) >= 11 is 1.21. The number of nitro groups is 1. The van der Waals surface area contributed by atoms with Crippen LogP contribution in [0.1, 0.15) is 23.2 Å². The van der Waals surface area contributed by atoms with Crippen LogP contribution in [0.15, 0.2) is 23.1 Å². The lowest BCUT2D eigenvalue weighted by molar-refractivity contribution is -0.387. The van der Waals surface area contributed by atoms with E-state index in [2.05, 4.69) is 5.32 Å². The minimum Gasteiger partial charge on any atom is -0.480 e. The Labute approximate surface area is 118 Å². The van der Waals surface area contributed by atoms with Crippen molar-refractivity contribution < 1.29 is 19.6 Å². The zero-order chi connectivity index (χ0) is 14.9. The summed E-state index contributed by atoms with van der Waals surface area (Å²) in [5, 5.41) is 22.3. The first-order valence-corrected chi connectivity index (χ1v) is 7.00. The van der Waals surface area contributed by atoms with Gasteiger partial charge in [-0.1, -0.05) is 0 Å². The van der Waals surface area contributed by atoms with Crippen molar-refractivity contribution >= 4 is 29.3 Å². The molecular weight excluding hydrogens is 284 g/mol. The molecule has 0 saturated heterocycles. The van der Waals surface area contributed by atoms with Crippen LogP contribution in [-0.4, -0.2) is 33.7 Å². The monoisotopic (exact) mass is 296 g/mol.